The fraction of sp³-hybridized carbons (Fsp3) is 0.533. The van der Waals surface area contributed by atoms with Crippen LogP contribution in [0, 0.1) is 0 Å². The Morgan fingerprint density at radius 1 is 1.32 bits per heavy atom. The number of rotatable bonds is 6. The summed E-state index contributed by atoms with van der Waals surface area (Å²) in [6.45, 7) is 3.83. The zero-order valence-electron chi connectivity index (χ0n) is 12.2. The van der Waals surface area contributed by atoms with E-state index in [4.69, 9.17) is 0 Å². The fourth-order valence-electron chi connectivity index (χ4n) is 1.75. The summed E-state index contributed by atoms with van der Waals surface area (Å²) >= 11 is 0. The lowest BCUT2D eigenvalue weighted by Gasteiger charge is -2.23. The van der Waals surface area contributed by atoms with Crippen molar-refractivity contribution in [2.24, 2.45) is 0 Å². The van der Waals surface area contributed by atoms with Crippen molar-refractivity contribution >= 4 is 5.91 Å². The molecule has 2 N–H and O–H groups in total. The Labute approximate surface area is 115 Å². The third-order valence-corrected chi connectivity index (χ3v) is 3.44. The Hall–Kier alpha value is -1.39. The van der Waals surface area contributed by atoms with Crippen LogP contribution in [-0.2, 0) is 11.2 Å². The summed E-state index contributed by atoms with van der Waals surface area (Å²) in [5.74, 6) is -0.0800. The zero-order valence-corrected chi connectivity index (χ0v) is 12.2. The number of carbonyl (C=O) groups is 1. The summed E-state index contributed by atoms with van der Waals surface area (Å²) in [6, 6.07) is 7.41. The minimum atomic E-state index is -0.346. The molecule has 1 unspecified atom stereocenters. The van der Waals surface area contributed by atoms with E-state index < -0.39 is 0 Å². The molecule has 1 aromatic carbocycles. The van der Waals surface area contributed by atoms with Gasteiger partial charge in [-0.1, -0.05) is 31.2 Å². The van der Waals surface area contributed by atoms with Crippen molar-refractivity contribution < 1.29 is 9.90 Å². The molecule has 106 valence electrons. The lowest BCUT2D eigenvalue weighted by atomic mass is 10.0. The first kappa shape index (κ1) is 15.7. The van der Waals surface area contributed by atoms with E-state index in [1.54, 1.807) is 0 Å². The van der Waals surface area contributed by atoms with E-state index in [1.807, 2.05) is 50.2 Å². The molecule has 0 heterocycles. The number of aryl methyl sites for hydroxylation is 1. The average Bonchev–Trinajstić information content (AvgIpc) is 2.43. The first-order chi connectivity index (χ1) is 8.99. The third kappa shape index (κ3) is 4.33. The number of aliphatic hydroxyl groups is 1. The quantitative estimate of drug-likeness (QED) is 0.815. The molecule has 2 atom stereocenters. The monoisotopic (exact) mass is 264 g/mol. The van der Waals surface area contributed by atoms with Crippen LogP contribution in [0.2, 0.25) is 0 Å². The van der Waals surface area contributed by atoms with Crippen LogP contribution in [0.3, 0.4) is 0 Å². The number of amides is 1. The van der Waals surface area contributed by atoms with Gasteiger partial charge in [0.25, 0.3) is 0 Å². The predicted octanol–water partition coefficient (Wildman–Crippen LogP) is 1.35. The lowest BCUT2D eigenvalue weighted by molar-refractivity contribution is -0.126. The largest absolute Gasteiger partial charge is 0.394 e. The molecule has 0 aliphatic heterocycles. The van der Waals surface area contributed by atoms with Crippen LogP contribution in [0.1, 0.15) is 31.0 Å². The maximum absolute atomic E-state index is 12.0. The van der Waals surface area contributed by atoms with Crippen molar-refractivity contribution in [2.75, 3.05) is 20.7 Å². The highest BCUT2D eigenvalue weighted by molar-refractivity contribution is 5.81. The first-order valence-corrected chi connectivity index (χ1v) is 6.66. The second kappa shape index (κ2) is 7.26. The molecular formula is C15H24N2O2. The number of hydrogen-bond donors (Lipinski definition) is 2. The zero-order chi connectivity index (χ0) is 14.4. The Balaban J connectivity index is 2.74. The van der Waals surface area contributed by atoms with E-state index in [2.05, 4.69) is 12.2 Å². The molecule has 1 rings (SSSR count). The van der Waals surface area contributed by atoms with Crippen molar-refractivity contribution in [3.05, 3.63) is 35.4 Å². The molecule has 0 aliphatic rings. The van der Waals surface area contributed by atoms with Gasteiger partial charge in [0.2, 0.25) is 5.91 Å². The number of hydrogen-bond acceptors (Lipinski definition) is 3. The highest BCUT2D eigenvalue weighted by Gasteiger charge is 2.19. The van der Waals surface area contributed by atoms with Crippen molar-refractivity contribution in [1.29, 1.82) is 0 Å². The summed E-state index contributed by atoms with van der Waals surface area (Å²) in [4.78, 5) is 13.8. The van der Waals surface area contributed by atoms with Crippen molar-refractivity contribution in [3.63, 3.8) is 0 Å². The van der Waals surface area contributed by atoms with E-state index >= 15 is 0 Å². The molecule has 19 heavy (non-hydrogen) atoms. The minimum Gasteiger partial charge on any atom is -0.394 e. The standard InChI is InChI=1S/C15H24N2O2/c1-5-12-6-8-13(9-7-12)14(10-18)16-15(19)11(2)17(3)4/h6-9,11,14,18H,5,10H2,1-4H3,(H,16,19)/t11-,14?/m0/s1. The number of benzene rings is 1. The molecule has 0 aromatic heterocycles. The van der Waals surface area contributed by atoms with Gasteiger partial charge in [-0.15, -0.1) is 0 Å². The normalized spacial score (nSPS) is 14.2. The molecule has 4 nitrogen and oxygen atoms in total. The number of nitrogens with zero attached hydrogens (tertiary/aromatic N) is 1. The topological polar surface area (TPSA) is 52.6 Å². The van der Waals surface area contributed by atoms with Crippen molar-refractivity contribution in [2.45, 2.75) is 32.4 Å². The number of carbonyl (C=O) groups excluding carboxylic acids is 1. The average molecular weight is 264 g/mol. The molecule has 1 aromatic rings. The van der Waals surface area contributed by atoms with Crippen LogP contribution in [0.25, 0.3) is 0 Å². The number of aliphatic hydroxyl groups excluding tert-OH is 1. The summed E-state index contributed by atoms with van der Waals surface area (Å²) in [7, 11) is 3.71. The van der Waals surface area contributed by atoms with Gasteiger partial charge in [-0.3, -0.25) is 9.69 Å². The van der Waals surface area contributed by atoms with E-state index in [0.717, 1.165) is 12.0 Å². The Kier molecular flexibility index (Phi) is 5.99. The SMILES string of the molecule is CCc1ccc(C(CO)NC(=O)[C@H](C)N(C)C)cc1. The van der Waals surface area contributed by atoms with Crippen LogP contribution in [-0.4, -0.2) is 42.7 Å². The van der Waals surface area contributed by atoms with Gasteiger partial charge in [-0.05, 0) is 38.6 Å². The smallest absolute Gasteiger partial charge is 0.237 e. The molecule has 1 amide bonds. The molecule has 0 saturated heterocycles. The van der Waals surface area contributed by atoms with Crippen LogP contribution in [0.5, 0.6) is 0 Å². The van der Waals surface area contributed by atoms with Gasteiger partial charge in [-0.2, -0.15) is 0 Å². The van der Waals surface area contributed by atoms with Gasteiger partial charge in [0.1, 0.15) is 0 Å². The van der Waals surface area contributed by atoms with Gasteiger partial charge in [0.05, 0.1) is 18.7 Å². The molecule has 4 heteroatoms. The predicted molar refractivity (Wildman–Crippen MR) is 76.9 cm³/mol. The highest BCUT2D eigenvalue weighted by atomic mass is 16.3. The van der Waals surface area contributed by atoms with Crippen LogP contribution in [0.15, 0.2) is 24.3 Å². The molecule has 0 fully saturated rings. The second-order valence-corrected chi connectivity index (χ2v) is 4.98. The van der Waals surface area contributed by atoms with Gasteiger partial charge in [-0.25, -0.2) is 0 Å². The van der Waals surface area contributed by atoms with E-state index in [9.17, 15) is 9.90 Å². The van der Waals surface area contributed by atoms with Crippen LogP contribution < -0.4 is 5.32 Å². The summed E-state index contributed by atoms with van der Waals surface area (Å²) in [6.07, 6.45) is 0.980. The Morgan fingerprint density at radius 3 is 2.32 bits per heavy atom. The van der Waals surface area contributed by atoms with E-state index in [0.29, 0.717) is 0 Å². The van der Waals surface area contributed by atoms with Gasteiger partial charge >= 0.3 is 0 Å². The molecule has 0 spiro atoms. The van der Waals surface area contributed by atoms with Gasteiger partial charge < -0.3 is 10.4 Å². The van der Waals surface area contributed by atoms with E-state index in [-0.39, 0.29) is 24.6 Å². The summed E-state index contributed by atoms with van der Waals surface area (Å²) < 4.78 is 0. The fourth-order valence-corrected chi connectivity index (χ4v) is 1.75. The summed E-state index contributed by atoms with van der Waals surface area (Å²) in [5.41, 5.74) is 2.17. The number of likely N-dealkylation sites (N-methyl/N-ethyl adjacent to an activating group) is 1. The maximum atomic E-state index is 12.0. The number of nitrogens with one attached hydrogen (secondary N) is 1. The Bertz CT molecular complexity index is 401. The van der Waals surface area contributed by atoms with Crippen molar-refractivity contribution in [3.8, 4) is 0 Å². The van der Waals surface area contributed by atoms with Crippen LogP contribution >= 0.6 is 0 Å². The Morgan fingerprint density at radius 2 is 1.89 bits per heavy atom. The van der Waals surface area contributed by atoms with Gasteiger partial charge in [0, 0.05) is 0 Å². The molecule has 0 radical (unpaired) electrons. The van der Waals surface area contributed by atoms with Crippen molar-refractivity contribution in [1.82, 2.24) is 10.2 Å². The summed E-state index contributed by atoms with van der Waals surface area (Å²) in [5, 5.41) is 12.3. The lowest BCUT2D eigenvalue weighted by Crippen LogP contribution is -2.43. The molecule has 0 aliphatic carbocycles. The highest BCUT2D eigenvalue weighted by Crippen LogP contribution is 2.14. The first-order valence-electron chi connectivity index (χ1n) is 6.66. The minimum absolute atomic E-state index is 0.0800. The maximum Gasteiger partial charge on any atom is 0.237 e. The molecular weight excluding hydrogens is 240 g/mol. The molecule has 0 bridgehead atoms. The third-order valence-electron chi connectivity index (χ3n) is 3.44. The van der Waals surface area contributed by atoms with Crippen LogP contribution in [0.4, 0.5) is 0 Å². The second-order valence-electron chi connectivity index (χ2n) is 4.98. The van der Waals surface area contributed by atoms with Gasteiger partial charge in [0.15, 0.2) is 0 Å². The molecule has 0 saturated carbocycles. The van der Waals surface area contributed by atoms with E-state index in [1.165, 1.54) is 5.56 Å².